The Balaban J connectivity index is 1.83. The molecule has 0 saturated carbocycles. The molecule has 4 rings (SSSR count). The zero-order valence-corrected chi connectivity index (χ0v) is 16.4. The first-order valence-electron chi connectivity index (χ1n) is 9.75. The van der Waals surface area contributed by atoms with E-state index in [1.165, 1.54) is 12.1 Å². The summed E-state index contributed by atoms with van der Waals surface area (Å²) in [7, 11) is 0. The van der Waals surface area contributed by atoms with Crippen LogP contribution in [0.2, 0.25) is 0 Å². The summed E-state index contributed by atoms with van der Waals surface area (Å²) in [4.78, 5) is 13.8. The molecule has 5 nitrogen and oxygen atoms in total. The molecular weight excluding hydrogens is 353 g/mol. The summed E-state index contributed by atoms with van der Waals surface area (Å²) in [5.74, 6) is 1.54. The zero-order chi connectivity index (χ0) is 19.7. The van der Waals surface area contributed by atoms with Gasteiger partial charge < -0.3 is 9.88 Å². The molecule has 2 aromatic heterocycles. The predicted molar refractivity (Wildman–Crippen MR) is 112 cm³/mol. The number of rotatable bonds is 6. The molecule has 28 heavy (non-hydrogen) atoms. The smallest absolute Gasteiger partial charge is 0.141 e. The Labute approximate surface area is 163 Å². The second-order valence-electron chi connectivity index (χ2n) is 7.31. The van der Waals surface area contributed by atoms with Crippen LogP contribution in [0.25, 0.3) is 21.9 Å². The van der Waals surface area contributed by atoms with Gasteiger partial charge in [0.25, 0.3) is 0 Å². The Morgan fingerprint density at radius 1 is 1.07 bits per heavy atom. The third kappa shape index (κ3) is 3.42. The monoisotopic (exact) mass is 377 g/mol. The van der Waals surface area contributed by atoms with E-state index in [1.807, 2.05) is 6.07 Å². The van der Waals surface area contributed by atoms with Crippen LogP contribution in [0.5, 0.6) is 0 Å². The third-order valence-electron chi connectivity index (χ3n) is 4.90. The fourth-order valence-corrected chi connectivity index (χ4v) is 3.55. The zero-order valence-electron chi connectivity index (χ0n) is 16.4. The Morgan fingerprint density at radius 2 is 1.86 bits per heavy atom. The normalized spacial score (nSPS) is 11.6. The molecule has 4 aromatic rings. The predicted octanol–water partition coefficient (Wildman–Crippen LogP) is 5.79. The maximum absolute atomic E-state index is 13.2. The summed E-state index contributed by atoms with van der Waals surface area (Å²) in [6, 6.07) is 10.7. The van der Waals surface area contributed by atoms with Gasteiger partial charge >= 0.3 is 0 Å². The van der Waals surface area contributed by atoms with Gasteiger partial charge in [-0.1, -0.05) is 13.3 Å². The number of benzene rings is 2. The molecule has 0 spiro atoms. The van der Waals surface area contributed by atoms with Crippen LogP contribution in [0.15, 0.2) is 42.7 Å². The van der Waals surface area contributed by atoms with E-state index < -0.39 is 0 Å². The average molecular weight is 377 g/mol. The molecule has 2 aromatic carbocycles. The summed E-state index contributed by atoms with van der Waals surface area (Å²) >= 11 is 0. The van der Waals surface area contributed by atoms with Crippen LogP contribution in [0, 0.1) is 5.82 Å². The topological polar surface area (TPSA) is 55.6 Å². The summed E-state index contributed by atoms with van der Waals surface area (Å²) in [6.07, 6.45) is 4.77. The highest BCUT2D eigenvalue weighted by atomic mass is 19.1. The molecule has 144 valence electrons. The van der Waals surface area contributed by atoms with E-state index >= 15 is 0 Å². The maximum Gasteiger partial charge on any atom is 0.141 e. The van der Waals surface area contributed by atoms with Crippen molar-refractivity contribution >= 4 is 33.4 Å². The Kier molecular flexibility index (Phi) is 4.94. The molecule has 1 N–H and O–H groups in total. The molecule has 0 aliphatic rings. The number of anilines is 2. The molecular formula is C22H24FN5. The van der Waals surface area contributed by atoms with Gasteiger partial charge in [-0.2, -0.15) is 0 Å². The molecule has 0 bridgehead atoms. The van der Waals surface area contributed by atoms with Gasteiger partial charge in [-0.25, -0.2) is 19.3 Å². The minimum atomic E-state index is -0.265. The van der Waals surface area contributed by atoms with Gasteiger partial charge in [-0.15, -0.1) is 0 Å². The highest BCUT2D eigenvalue weighted by Crippen LogP contribution is 2.30. The summed E-state index contributed by atoms with van der Waals surface area (Å²) in [6.45, 7) is 6.56. The van der Waals surface area contributed by atoms with Crippen molar-refractivity contribution in [3.63, 3.8) is 0 Å². The molecule has 0 unspecified atom stereocenters. The molecule has 0 aliphatic heterocycles. The molecule has 0 amide bonds. The summed E-state index contributed by atoms with van der Waals surface area (Å²) in [5, 5.41) is 4.16. The first-order valence-corrected chi connectivity index (χ1v) is 9.75. The lowest BCUT2D eigenvalue weighted by Gasteiger charge is -2.13. The number of aromatic nitrogens is 4. The van der Waals surface area contributed by atoms with Crippen molar-refractivity contribution in [2.45, 2.75) is 46.1 Å². The van der Waals surface area contributed by atoms with Gasteiger partial charge in [0.1, 0.15) is 23.8 Å². The number of unbranched alkanes of at least 4 members (excludes halogenated alkanes) is 1. The lowest BCUT2D eigenvalue weighted by molar-refractivity contribution is 0.574. The quantitative estimate of drug-likeness (QED) is 0.462. The Morgan fingerprint density at radius 3 is 2.57 bits per heavy atom. The number of hydrogen-bond donors (Lipinski definition) is 1. The second-order valence-corrected chi connectivity index (χ2v) is 7.31. The van der Waals surface area contributed by atoms with Gasteiger partial charge in [-0.05, 0) is 56.7 Å². The van der Waals surface area contributed by atoms with Crippen LogP contribution in [-0.2, 0) is 6.42 Å². The van der Waals surface area contributed by atoms with Crippen molar-refractivity contribution in [1.29, 1.82) is 0 Å². The summed E-state index contributed by atoms with van der Waals surface area (Å²) < 4.78 is 15.5. The Bertz CT molecular complexity index is 1120. The van der Waals surface area contributed by atoms with Crippen molar-refractivity contribution in [2.24, 2.45) is 0 Å². The van der Waals surface area contributed by atoms with Crippen molar-refractivity contribution in [2.75, 3.05) is 5.32 Å². The van der Waals surface area contributed by atoms with Crippen molar-refractivity contribution in [1.82, 2.24) is 19.5 Å². The first-order chi connectivity index (χ1) is 13.6. The molecule has 0 atom stereocenters. The van der Waals surface area contributed by atoms with Crippen molar-refractivity contribution in [3.8, 4) is 0 Å². The molecule has 0 aliphatic carbocycles. The van der Waals surface area contributed by atoms with Crippen molar-refractivity contribution < 1.29 is 4.39 Å². The van der Waals surface area contributed by atoms with E-state index in [0.29, 0.717) is 11.9 Å². The maximum atomic E-state index is 13.2. The van der Waals surface area contributed by atoms with E-state index in [2.05, 4.69) is 46.7 Å². The van der Waals surface area contributed by atoms with E-state index in [9.17, 15) is 4.39 Å². The van der Waals surface area contributed by atoms with Crippen LogP contribution in [0.3, 0.4) is 0 Å². The van der Waals surface area contributed by atoms with Crippen LogP contribution in [0.1, 0.15) is 45.5 Å². The molecule has 6 heteroatoms. The SMILES string of the molecule is CCCCc1nc2cc3c(Nc4ccc(F)cc4)ncnc3cc2n1C(C)C. The number of hydrogen-bond acceptors (Lipinski definition) is 4. The van der Waals surface area contributed by atoms with Crippen LogP contribution in [0.4, 0.5) is 15.9 Å². The minimum Gasteiger partial charge on any atom is -0.340 e. The second kappa shape index (κ2) is 7.54. The molecule has 2 heterocycles. The van der Waals surface area contributed by atoms with Crippen LogP contribution in [-0.4, -0.2) is 19.5 Å². The van der Waals surface area contributed by atoms with Gasteiger partial charge in [0, 0.05) is 23.5 Å². The summed E-state index contributed by atoms with van der Waals surface area (Å²) in [5.41, 5.74) is 3.68. The largest absolute Gasteiger partial charge is 0.340 e. The fraction of sp³-hybridized carbons (Fsp3) is 0.318. The van der Waals surface area contributed by atoms with E-state index in [0.717, 1.165) is 52.7 Å². The van der Waals surface area contributed by atoms with E-state index in [4.69, 9.17) is 4.98 Å². The first kappa shape index (κ1) is 18.3. The van der Waals surface area contributed by atoms with Gasteiger partial charge in [-0.3, -0.25) is 0 Å². The standard InChI is InChI=1S/C22H24FN5/c1-4-5-6-21-27-19-11-17-18(12-20(19)28(21)14(2)3)24-13-25-22(17)26-16-9-7-15(23)8-10-16/h7-14H,4-6H2,1-3H3,(H,24,25,26). The number of aryl methyl sites for hydroxylation is 1. The van der Waals surface area contributed by atoms with E-state index in [-0.39, 0.29) is 5.82 Å². The molecule has 0 radical (unpaired) electrons. The highest BCUT2D eigenvalue weighted by Gasteiger charge is 2.15. The van der Waals surface area contributed by atoms with Gasteiger partial charge in [0.15, 0.2) is 0 Å². The number of imidazole rings is 1. The van der Waals surface area contributed by atoms with Gasteiger partial charge in [0.2, 0.25) is 0 Å². The Hall–Kier alpha value is -3.02. The fourth-order valence-electron chi connectivity index (χ4n) is 3.55. The minimum absolute atomic E-state index is 0.265. The number of nitrogens with one attached hydrogen (secondary N) is 1. The van der Waals surface area contributed by atoms with Crippen LogP contribution >= 0.6 is 0 Å². The van der Waals surface area contributed by atoms with Crippen LogP contribution < -0.4 is 5.32 Å². The number of halogens is 1. The average Bonchev–Trinajstić information content (AvgIpc) is 3.04. The number of fused-ring (bicyclic) bond motifs is 2. The molecule has 0 saturated heterocycles. The van der Waals surface area contributed by atoms with Crippen molar-refractivity contribution in [3.05, 3.63) is 54.4 Å². The third-order valence-corrected chi connectivity index (χ3v) is 4.90. The highest BCUT2D eigenvalue weighted by molar-refractivity contribution is 5.99. The molecule has 0 fully saturated rings. The van der Waals surface area contributed by atoms with E-state index in [1.54, 1.807) is 18.5 Å². The number of nitrogens with zero attached hydrogens (tertiary/aromatic N) is 4. The lowest BCUT2D eigenvalue weighted by atomic mass is 10.2. The lowest BCUT2D eigenvalue weighted by Crippen LogP contribution is -2.06. The van der Waals surface area contributed by atoms with Gasteiger partial charge in [0.05, 0.1) is 16.6 Å².